The van der Waals surface area contributed by atoms with Crippen LogP contribution in [0.2, 0.25) is 0 Å². The van der Waals surface area contributed by atoms with Crippen LogP contribution in [-0.4, -0.2) is 41.3 Å². The van der Waals surface area contributed by atoms with Gasteiger partial charge in [0.1, 0.15) is 12.1 Å². The first-order chi connectivity index (χ1) is 15.3. The molecule has 1 heterocycles. The second-order valence-corrected chi connectivity index (χ2v) is 9.79. The number of Topliss-reactive ketones (excluding diaryl/α,β-unsaturated/α-hetero) is 1. The lowest BCUT2D eigenvalue weighted by atomic mass is 9.84. The van der Waals surface area contributed by atoms with Crippen LogP contribution in [0.1, 0.15) is 77.7 Å². The Morgan fingerprint density at radius 3 is 2.41 bits per heavy atom. The van der Waals surface area contributed by atoms with E-state index in [9.17, 15) is 14.4 Å². The first kappa shape index (κ1) is 24.2. The standard InChI is InChI=1S/C27H37NO4/c1-4-27(2,3)24(29)25(30)28-19-11-16-22(28)26(31)32-23(21-14-9-6-10-15-21)18-17-20-12-7-5-8-13-20/h5,7-8,12-13,17-18,21-23H,4,6,9-11,14-16,19H2,1-3H3/t22-,23?/m0/s1. The van der Waals surface area contributed by atoms with Crippen LogP contribution in [0.15, 0.2) is 36.4 Å². The van der Waals surface area contributed by atoms with Crippen LogP contribution in [0.25, 0.3) is 6.08 Å². The number of carbonyl (C=O) groups excluding carboxylic acids is 3. The summed E-state index contributed by atoms with van der Waals surface area (Å²) in [6, 6.07) is 9.32. The summed E-state index contributed by atoms with van der Waals surface area (Å²) in [6.45, 7) is 5.89. The minimum Gasteiger partial charge on any atom is -0.456 e. The minimum atomic E-state index is -0.725. The van der Waals surface area contributed by atoms with Gasteiger partial charge in [-0.15, -0.1) is 0 Å². The topological polar surface area (TPSA) is 63.7 Å². The lowest BCUT2D eigenvalue weighted by Crippen LogP contribution is -2.48. The van der Waals surface area contributed by atoms with Crippen molar-refractivity contribution in [1.82, 2.24) is 4.90 Å². The Labute approximate surface area is 192 Å². The maximum Gasteiger partial charge on any atom is 0.329 e. The van der Waals surface area contributed by atoms with E-state index in [4.69, 9.17) is 4.74 Å². The molecular weight excluding hydrogens is 402 g/mol. The number of esters is 1. The average Bonchev–Trinajstić information content (AvgIpc) is 3.32. The first-order valence-corrected chi connectivity index (χ1v) is 12.1. The largest absolute Gasteiger partial charge is 0.456 e. The summed E-state index contributed by atoms with van der Waals surface area (Å²) in [5.74, 6) is -1.07. The molecule has 1 aliphatic heterocycles. The van der Waals surface area contributed by atoms with Crippen molar-refractivity contribution < 1.29 is 19.1 Å². The molecule has 1 amide bonds. The van der Waals surface area contributed by atoms with Crippen molar-refractivity contribution in [3.63, 3.8) is 0 Å². The normalized spacial score (nSPS) is 21.0. The van der Waals surface area contributed by atoms with Gasteiger partial charge in [0, 0.05) is 12.0 Å². The number of benzene rings is 1. The molecule has 2 fully saturated rings. The van der Waals surface area contributed by atoms with Gasteiger partial charge in [-0.05, 0) is 49.7 Å². The predicted molar refractivity (Wildman–Crippen MR) is 126 cm³/mol. The number of likely N-dealkylation sites (tertiary alicyclic amines) is 1. The number of ether oxygens (including phenoxy) is 1. The van der Waals surface area contributed by atoms with E-state index in [2.05, 4.69) is 0 Å². The van der Waals surface area contributed by atoms with Crippen LogP contribution in [0.4, 0.5) is 0 Å². The summed E-state index contributed by atoms with van der Waals surface area (Å²) in [4.78, 5) is 40.3. The summed E-state index contributed by atoms with van der Waals surface area (Å²) in [5, 5.41) is 0. The van der Waals surface area contributed by atoms with Crippen LogP contribution < -0.4 is 0 Å². The van der Waals surface area contributed by atoms with Gasteiger partial charge in [0.2, 0.25) is 5.78 Å². The van der Waals surface area contributed by atoms with E-state index in [0.717, 1.165) is 31.2 Å². The number of carbonyl (C=O) groups is 3. The lowest BCUT2D eigenvalue weighted by molar-refractivity contribution is -0.161. The van der Waals surface area contributed by atoms with Crippen LogP contribution in [-0.2, 0) is 19.1 Å². The highest BCUT2D eigenvalue weighted by Gasteiger charge is 2.42. The molecule has 174 valence electrons. The van der Waals surface area contributed by atoms with Crippen molar-refractivity contribution in [3.8, 4) is 0 Å². The average molecular weight is 440 g/mol. The summed E-state index contributed by atoms with van der Waals surface area (Å²) < 4.78 is 6.04. The van der Waals surface area contributed by atoms with E-state index in [1.165, 1.54) is 11.3 Å². The second-order valence-electron chi connectivity index (χ2n) is 9.79. The fraction of sp³-hybridized carbons (Fsp3) is 0.593. The zero-order chi connectivity index (χ0) is 23.1. The van der Waals surface area contributed by atoms with Gasteiger partial charge in [-0.3, -0.25) is 9.59 Å². The Morgan fingerprint density at radius 1 is 1.06 bits per heavy atom. The Bertz CT molecular complexity index is 823. The molecule has 1 saturated heterocycles. The third kappa shape index (κ3) is 5.87. The molecule has 1 aliphatic carbocycles. The molecule has 0 spiro atoms. The monoisotopic (exact) mass is 439 g/mol. The van der Waals surface area contributed by atoms with E-state index in [-0.39, 0.29) is 12.1 Å². The van der Waals surface area contributed by atoms with Crippen molar-refractivity contribution in [1.29, 1.82) is 0 Å². The van der Waals surface area contributed by atoms with Crippen LogP contribution >= 0.6 is 0 Å². The highest BCUT2D eigenvalue weighted by Crippen LogP contribution is 2.31. The van der Waals surface area contributed by atoms with Crippen LogP contribution in [0, 0.1) is 11.3 Å². The van der Waals surface area contributed by atoms with Gasteiger partial charge in [0.25, 0.3) is 5.91 Å². The second kappa shape index (κ2) is 10.9. The number of ketones is 1. The number of rotatable bonds is 8. The number of nitrogens with zero attached hydrogens (tertiary/aromatic N) is 1. The summed E-state index contributed by atoms with van der Waals surface area (Å²) in [6.07, 6.45) is 11.1. The molecule has 2 atom stereocenters. The summed E-state index contributed by atoms with van der Waals surface area (Å²) in [7, 11) is 0. The summed E-state index contributed by atoms with van der Waals surface area (Å²) >= 11 is 0. The van der Waals surface area contributed by atoms with Crippen molar-refractivity contribution in [2.75, 3.05) is 6.54 Å². The number of hydrogen-bond acceptors (Lipinski definition) is 4. The first-order valence-electron chi connectivity index (χ1n) is 12.1. The molecule has 5 nitrogen and oxygen atoms in total. The molecule has 0 radical (unpaired) electrons. The van der Waals surface area contributed by atoms with Crippen LogP contribution in [0.3, 0.4) is 0 Å². The van der Waals surface area contributed by atoms with Crippen LogP contribution in [0.5, 0.6) is 0 Å². The van der Waals surface area contributed by atoms with E-state index in [1.807, 2.05) is 49.4 Å². The van der Waals surface area contributed by atoms with E-state index < -0.39 is 23.1 Å². The highest BCUT2D eigenvalue weighted by molar-refractivity contribution is 6.38. The molecule has 1 saturated carbocycles. The molecule has 3 rings (SSSR count). The quantitative estimate of drug-likeness (QED) is 0.413. The van der Waals surface area contributed by atoms with E-state index in [1.54, 1.807) is 13.8 Å². The predicted octanol–water partition coefficient (Wildman–Crippen LogP) is 5.19. The number of amides is 1. The third-order valence-electron chi connectivity index (χ3n) is 7.12. The Kier molecular flexibility index (Phi) is 8.27. The fourth-order valence-electron chi connectivity index (χ4n) is 4.57. The molecule has 0 bridgehead atoms. The minimum absolute atomic E-state index is 0.291. The SMILES string of the molecule is CCC(C)(C)C(=O)C(=O)N1CCC[C@H]1C(=O)OC(C=Cc1ccccc1)C1CCCCC1. The Balaban J connectivity index is 1.73. The maximum atomic E-state index is 13.2. The smallest absolute Gasteiger partial charge is 0.329 e. The van der Waals surface area contributed by atoms with Gasteiger partial charge in [0.05, 0.1) is 0 Å². The number of hydrogen-bond donors (Lipinski definition) is 0. The Hall–Kier alpha value is -2.43. The molecule has 1 aromatic rings. The van der Waals surface area contributed by atoms with Gasteiger partial charge in [-0.25, -0.2) is 4.79 Å². The maximum absolute atomic E-state index is 13.2. The van der Waals surface area contributed by atoms with Crippen molar-refractivity contribution in [3.05, 3.63) is 42.0 Å². The van der Waals surface area contributed by atoms with Crippen molar-refractivity contribution >= 4 is 23.7 Å². The molecule has 32 heavy (non-hydrogen) atoms. The van der Waals surface area contributed by atoms with E-state index >= 15 is 0 Å². The van der Waals surface area contributed by atoms with Gasteiger partial charge in [0.15, 0.2) is 0 Å². The van der Waals surface area contributed by atoms with Crippen molar-refractivity contribution in [2.24, 2.45) is 11.3 Å². The third-order valence-corrected chi connectivity index (χ3v) is 7.12. The summed E-state index contributed by atoms with van der Waals surface area (Å²) in [5.41, 5.74) is 0.339. The van der Waals surface area contributed by atoms with E-state index in [0.29, 0.717) is 31.7 Å². The molecule has 0 N–H and O–H groups in total. The zero-order valence-corrected chi connectivity index (χ0v) is 19.7. The Morgan fingerprint density at radius 2 is 1.75 bits per heavy atom. The molecular formula is C27H37NO4. The van der Waals surface area contributed by atoms with Gasteiger partial charge in [-0.2, -0.15) is 0 Å². The molecule has 1 aromatic carbocycles. The van der Waals surface area contributed by atoms with Crippen molar-refractivity contribution in [2.45, 2.75) is 84.3 Å². The molecule has 0 aromatic heterocycles. The highest BCUT2D eigenvalue weighted by atomic mass is 16.5. The van der Waals surface area contributed by atoms with Gasteiger partial charge < -0.3 is 9.64 Å². The zero-order valence-electron chi connectivity index (χ0n) is 19.7. The molecule has 5 heteroatoms. The molecule has 1 unspecified atom stereocenters. The fourth-order valence-corrected chi connectivity index (χ4v) is 4.57. The van der Waals surface area contributed by atoms with Gasteiger partial charge >= 0.3 is 5.97 Å². The van der Waals surface area contributed by atoms with Gasteiger partial charge in [-0.1, -0.05) is 76.4 Å². The molecule has 2 aliphatic rings. The lowest BCUT2D eigenvalue weighted by Gasteiger charge is -2.31.